The molecule has 30 heavy (non-hydrogen) atoms. The van der Waals surface area contributed by atoms with Gasteiger partial charge in [0.15, 0.2) is 5.96 Å². The highest BCUT2D eigenvalue weighted by atomic mass is 127. The molecule has 0 amide bonds. The Hall–Kier alpha value is -1.62. The Morgan fingerprint density at radius 2 is 1.67 bits per heavy atom. The second-order valence-electron chi connectivity index (χ2n) is 6.41. The van der Waals surface area contributed by atoms with Gasteiger partial charge in [-0.3, -0.25) is 9.20 Å². The van der Waals surface area contributed by atoms with E-state index in [4.69, 9.17) is 0 Å². The summed E-state index contributed by atoms with van der Waals surface area (Å²) in [5.74, 6) is 1.58. The van der Waals surface area contributed by atoms with Gasteiger partial charge in [-0.05, 0) is 36.6 Å². The third-order valence-corrected chi connectivity index (χ3v) is 5.38. The molecule has 2 rings (SSSR count). The fourth-order valence-corrected chi connectivity index (χ4v) is 3.62. The summed E-state index contributed by atoms with van der Waals surface area (Å²) in [5.41, 5.74) is 1.20. The van der Waals surface area contributed by atoms with E-state index in [0.717, 1.165) is 23.3 Å². The zero-order chi connectivity index (χ0) is 21.1. The number of benzene rings is 2. The molecule has 1 unspecified atom stereocenters. The number of halogens is 4. The van der Waals surface area contributed by atoms with Crippen molar-refractivity contribution in [2.45, 2.75) is 25.3 Å². The number of aliphatic imine (C=N–C) groups is 1. The van der Waals surface area contributed by atoms with E-state index in [9.17, 15) is 17.4 Å². The van der Waals surface area contributed by atoms with E-state index in [-0.39, 0.29) is 24.0 Å². The summed E-state index contributed by atoms with van der Waals surface area (Å²) in [5, 5.41) is 6.27. The molecule has 0 spiro atoms. The summed E-state index contributed by atoms with van der Waals surface area (Å²) in [6.07, 6.45) is -3.75. The number of hydrogen-bond donors (Lipinski definition) is 2. The summed E-state index contributed by atoms with van der Waals surface area (Å²) in [6.45, 7) is 3.58. The van der Waals surface area contributed by atoms with E-state index in [0.29, 0.717) is 43.5 Å². The molecule has 0 saturated heterocycles. The van der Waals surface area contributed by atoms with Crippen molar-refractivity contribution >= 4 is 40.7 Å². The van der Waals surface area contributed by atoms with Crippen LogP contribution in [0.15, 0.2) is 59.6 Å². The van der Waals surface area contributed by atoms with Crippen LogP contribution in [0.3, 0.4) is 0 Å². The maximum absolute atomic E-state index is 12.6. The van der Waals surface area contributed by atoms with Gasteiger partial charge in [-0.1, -0.05) is 42.5 Å². The zero-order valence-corrected chi connectivity index (χ0v) is 19.9. The van der Waals surface area contributed by atoms with Gasteiger partial charge in [0, 0.05) is 35.4 Å². The molecular weight excluding hydrogens is 526 g/mol. The Morgan fingerprint density at radius 1 is 1.00 bits per heavy atom. The van der Waals surface area contributed by atoms with Gasteiger partial charge in [-0.15, -0.1) is 24.0 Å². The van der Waals surface area contributed by atoms with Crippen LogP contribution < -0.4 is 10.6 Å². The van der Waals surface area contributed by atoms with Gasteiger partial charge >= 0.3 is 6.18 Å². The van der Waals surface area contributed by atoms with Crippen LogP contribution in [0.1, 0.15) is 23.6 Å². The molecule has 1 atom stereocenters. The SMILES string of the molecule is CCNC(=NCCS(=O)Cc1ccccc1)NCCc1ccc(C(F)(F)F)cc1.I. The number of nitrogens with zero attached hydrogens (tertiary/aromatic N) is 1. The Kier molecular flexibility index (Phi) is 12.0. The summed E-state index contributed by atoms with van der Waals surface area (Å²) in [4.78, 5) is 4.43. The maximum Gasteiger partial charge on any atom is 0.416 e. The minimum Gasteiger partial charge on any atom is -0.357 e. The lowest BCUT2D eigenvalue weighted by molar-refractivity contribution is -0.137. The van der Waals surface area contributed by atoms with Crippen molar-refractivity contribution in [3.05, 3.63) is 71.3 Å². The highest BCUT2D eigenvalue weighted by Crippen LogP contribution is 2.29. The standard InChI is InChI=1S/C21H26F3N3OS.HI/c1-2-25-20(27-14-15-29(28)16-18-6-4-3-5-7-18)26-13-12-17-8-10-19(11-9-17)21(22,23)24;/h3-11H,2,12-16H2,1H3,(H2,25,26,27);1H. The zero-order valence-electron chi connectivity index (χ0n) is 16.7. The highest BCUT2D eigenvalue weighted by molar-refractivity contribution is 14.0. The molecule has 2 aromatic rings. The van der Waals surface area contributed by atoms with Crippen LogP contribution in [0.5, 0.6) is 0 Å². The van der Waals surface area contributed by atoms with Gasteiger partial charge in [0.05, 0.1) is 12.1 Å². The largest absolute Gasteiger partial charge is 0.416 e. The molecule has 0 aliphatic heterocycles. The molecule has 166 valence electrons. The molecule has 0 aromatic heterocycles. The summed E-state index contributed by atoms with van der Waals surface area (Å²) in [7, 11) is -0.991. The molecule has 0 radical (unpaired) electrons. The minimum absolute atomic E-state index is 0. The van der Waals surface area contributed by atoms with E-state index in [2.05, 4.69) is 15.6 Å². The average Bonchev–Trinajstić information content (AvgIpc) is 2.68. The maximum atomic E-state index is 12.6. The molecule has 0 aliphatic carbocycles. The van der Waals surface area contributed by atoms with E-state index in [1.54, 1.807) is 0 Å². The highest BCUT2D eigenvalue weighted by Gasteiger charge is 2.29. The van der Waals surface area contributed by atoms with E-state index in [1.807, 2.05) is 37.3 Å². The molecular formula is C21H27F3IN3OS. The van der Waals surface area contributed by atoms with Gasteiger partial charge < -0.3 is 10.6 Å². The van der Waals surface area contributed by atoms with Crippen molar-refractivity contribution < 1.29 is 17.4 Å². The molecule has 0 bridgehead atoms. The molecule has 2 N–H and O–H groups in total. The van der Waals surface area contributed by atoms with Crippen molar-refractivity contribution in [2.75, 3.05) is 25.4 Å². The fraction of sp³-hybridized carbons (Fsp3) is 0.381. The second-order valence-corrected chi connectivity index (χ2v) is 7.98. The lowest BCUT2D eigenvalue weighted by Gasteiger charge is -2.12. The lowest BCUT2D eigenvalue weighted by atomic mass is 10.1. The quantitative estimate of drug-likeness (QED) is 0.276. The van der Waals surface area contributed by atoms with Crippen LogP contribution in [-0.2, 0) is 29.1 Å². The third-order valence-electron chi connectivity index (χ3n) is 4.09. The topological polar surface area (TPSA) is 53.5 Å². The van der Waals surface area contributed by atoms with Gasteiger partial charge in [0.2, 0.25) is 0 Å². The third kappa shape index (κ3) is 9.92. The molecule has 0 aliphatic rings. The van der Waals surface area contributed by atoms with E-state index >= 15 is 0 Å². The first-order valence-electron chi connectivity index (χ1n) is 9.45. The molecule has 4 nitrogen and oxygen atoms in total. The van der Waals surface area contributed by atoms with Crippen molar-refractivity contribution in [1.29, 1.82) is 0 Å². The Morgan fingerprint density at radius 3 is 2.27 bits per heavy atom. The lowest BCUT2D eigenvalue weighted by Crippen LogP contribution is -2.38. The van der Waals surface area contributed by atoms with Crippen LogP contribution >= 0.6 is 24.0 Å². The van der Waals surface area contributed by atoms with Crippen molar-refractivity contribution in [3.8, 4) is 0 Å². The monoisotopic (exact) mass is 553 g/mol. The van der Waals surface area contributed by atoms with Crippen LogP contribution in [0.4, 0.5) is 13.2 Å². The van der Waals surface area contributed by atoms with Crippen molar-refractivity contribution in [2.24, 2.45) is 4.99 Å². The predicted octanol–water partition coefficient (Wildman–Crippen LogP) is 4.37. The predicted molar refractivity (Wildman–Crippen MR) is 128 cm³/mol. The number of alkyl halides is 3. The first-order chi connectivity index (χ1) is 13.9. The Bertz CT molecular complexity index is 799. The fourth-order valence-electron chi connectivity index (χ4n) is 2.62. The summed E-state index contributed by atoms with van der Waals surface area (Å²) in [6, 6.07) is 14.8. The van der Waals surface area contributed by atoms with Gasteiger partial charge in [0.1, 0.15) is 0 Å². The first kappa shape index (κ1) is 26.4. The molecule has 0 saturated carbocycles. The van der Waals surface area contributed by atoms with E-state index in [1.165, 1.54) is 12.1 Å². The number of hydrogen-bond acceptors (Lipinski definition) is 2. The first-order valence-corrected chi connectivity index (χ1v) is 10.9. The Labute approximate surface area is 195 Å². The van der Waals surface area contributed by atoms with Crippen LogP contribution in [0.2, 0.25) is 0 Å². The average molecular weight is 553 g/mol. The van der Waals surface area contributed by atoms with Gasteiger partial charge in [-0.2, -0.15) is 13.2 Å². The van der Waals surface area contributed by atoms with Crippen LogP contribution in [-0.4, -0.2) is 35.6 Å². The van der Waals surface area contributed by atoms with Gasteiger partial charge in [-0.25, -0.2) is 0 Å². The summed E-state index contributed by atoms with van der Waals surface area (Å²) < 4.78 is 50.0. The minimum atomic E-state index is -4.32. The van der Waals surface area contributed by atoms with Crippen molar-refractivity contribution in [1.82, 2.24) is 10.6 Å². The molecule has 0 heterocycles. The number of guanidine groups is 1. The molecule has 0 fully saturated rings. The second kappa shape index (κ2) is 13.6. The smallest absolute Gasteiger partial charge is 0.357 e. The van der Waals surface area contributed by atoms with Crippen LogP contribution in [0, 0.1) is 0 Å². The normalized spacial score (nSPS) is 12.7. The van der Waals surface area contributed by atoms with Crippen molar-refractivity contribution in [3.63, 3.8) is 0 Å². The van der Waals surface area contributed by atoms with E-state index < -0.39 is 22.5 Å². The number of rotatable bonds is 9. The molecule has 2 aromatic carbocycles. The van der Waals surface area contributed by atoms with Gasteiger partial charge in [0.25, 0.3) is 0 Å². The number of nitrogens with one attached hydrogen (secondary N) is 2. The molecule has 9 heteroatoms. The summed E-state index contributed by atoms with van der Waals surface area (Å²) >= 11 is 0. The van der Waals surface area contributed by atoms with Crippen LogP contribution in [0.25, 0.3) is 0 Å². The Balaban J connectivity index is 0.00000450.